The third-order valence-corrected chi connectivity index (χ3v) is 12.1. The quantitative estimate of drug-likeness (QED) is 0.0247. The predicted molar refractivity (Wildman–Crippen MR) is 279 cm³/mol. The number of nitrogens with one attached hydrogen (secondary N) is 13. The average molecular weight is 1060 g/mol. The molecule has 1 fully saturated rings. The topological polar surface area (TPSA) is 485 Å². The molecule has 10 amide bonds. The smallest absolute Gasteiger partial charge is 0.243 e. The van der Waals surface area contributed by atoms with Crippen molar-refractivity contribution in [3.63, 3.8) is 0 Å². The van der Waals surface area contributed by atoms with E-state index in [9.17, 15) is 47.9 Å². The van der Waals surface area contributed by atoms with Crippen LogP contribution in [0.3, 0.4) is 0 Å². The monoisotopic (exact) mass is 1060 g/mol. The number of rotatable bonds is 18. The molecule has 0 saturated carbocycles. The summed E-state index contributed by atoms with van der Waals surface area (Å²) in [6.45, 7) is 1.30. The molecule has 0 bridgehead atoms. The Hall–Kier alpha value is -8.98. The van der Waals surface area contributed by atoms with Crippen LogP contribution in [0.25, 0.3) is 10.9 Å². The molecular weight excluding hydrogens is 989 g/mol. The largest absolute Gasteiger partial charge is 0.399 e. The third-order valence-electron chi connectivity index (χ3n) is 12.1. The maximum atomic E-state index is 14.6. The van der Waals surface area contributed by atoms with Crippen molar-refractivity contribution in [2.75, 3.05) is 25.4 Å². The fraction of sp³-hybridized carbons (Fsp3) is 0.458. The number of nitrogens with two attached hydrogens (primary N) is 5. The fourth-order valence-electron chi connectivity index (χ4n) is 8.17. The van der Waals surface area contributed by atoms with Gasteiger partial charge in [0.25, 0.3) is 0 Å². The van der Waals surface area contributed by atoms with E-state index in [4.69, 9.17) is 39.5 Å². The number of hydrogen-bond acceptors (Lipinski definition) is 13. The molecular formula is C48H70N18O10. The minimum Gasteiger partial charge on any atom is -0.399 e. The number of nitrogen functional groups attached to an aromatic ring is 1. The molecule has 1 unspecified atom stereocenters. The van der Waals surface area contributed by atoms with Gasteiger partial charge >= 0.3 is 0 Å². The Morgan fingerprint density at radius 2 is 1.30 bits per heavy atom. The molecule has 4 rings (SSSR count). The lowest BCUT2D eigenvalue weighted by molar-refractivity contribution is -0.136. The molecule has 412 valence electrons. The number of primary amides is 2. The van der Waals surface area contributed by atoms with Crippen LogP contribution in [0.4, 0.5) is 5.69 Å². The van der Waals surface area contributed by atoms with E-state index in [1.54, 1.807) is 54.7 Å². The number of H-pyrrole nitrogens is 1. The van der Waals surface area contributed by atoms with Gasteiger partial charge in [-0.25, -0.2) is 0 Å². The summed E-state index contributed by atoms with van der Waals surface area (Å²) in [6, 6.07) is 3.12. The summed E-state index contributed by atoms with van der Waals surface area (Å²) in [5.41, 5.74) is 30.2. The first-order chi connectivity index (χ1) is 36.1. The van der Waals surface area contributed by atoms with Crippen molar-refractivity contribution in [1.29, 1.82) is 10.8 Å². The third kappa shape index (κ3) is 20.1. The number of amides is 10. The Kier molecular flexibility index (Phi) is 23.2. The Balaban J connectivity index is 1.78. The number of aromatic amines is 1. The van der Waals surface area contributed by atoms with Gasteiger partial charge in [-0.05, 0) is 74.3 Å². The zero-order valence-electron chi connectivity index (χ0n) is 42.1. The zero-order valence-corrected chi connectivity index (χ0v) is 42.1. The van der Waals surface area contributed by atoms with Gasteiger partial charge in [0.15, 0.2) is 11.9 Å². The summed E-state index contributed by atoms with van der Waals surface area (Å²) >= 11 is 0. The van der Waals surface area contributed by atoms with Gasteiger partial charge in [0.1, 0.15) is 42.3 Å². The Morgan fingerprint density at radius 1 is 0.711 bits per heavy atom. The molecule has 1 aliphatic heterocycles. The van der Waals surface area contributed by atoms with Crippen molar-refractivity contribution in [1.82, 2.24) is 58.2 Å². The highest BCUT2D eigenvalue weighted by Gasteiger charge is 2.35. The molecule has 0 aliphatic carbocycles. The molecule has 0 radical (unpaired) electrons. The lowest BCUT2D eigenvalue weighted by Crippen LogP contribution is -2.61. The molecule has 7 atom stereocenters. The van der Waals surface area contributed by atoms with Crippen LogP contribution < -0.4 is 81.8 Å². The molecule has 2 aromatic carbocycles. The second-order valence-corrected chi connectivity index (χ2v) is 18.2. The van der Waals surface area contributed by atoms with Gasteiger partial charge in [-0.15, -0.1) is 0 Å². The Bertz CT molecular complexity index is 2590. The number of anilines is 1. The van der Waals surface area contributed by atoms with E-state index in [1.807, 2.05) is 0 Å². The van der Waals surface area contributed by atoms with Crippen LogP contribution in [0.2, 0.25) is 0 Å². The van der Waals surface area contributed by atoms with E-state index in [0.29, 0.717) is 22.2 Å². The van der Waals surface area contributed by atoms with Gasteiger partial charge in [0.2, 0.25) is 59.1 Å². The molecule has 3 aromatic rings. The van der Waals surface area contributed by atoms with E-state index in [2.05, 4.69) is 58.2 Å². The number of hydrogen-bond donors (Lipinski definition) is 18. The number of carbonyl (C=O) groups excluding carboxylic acids is 10. The van der Waals surface area contributed by atoms with Gasteiger partial charge < -0.3 is 86.8 Å². The predicted octanol–water partition coefficient (Wildman–Crippen LogP) is -4.47. The highest BCUT2D eigenvalue weighted by Crippen LogP contribution is 2.20. The molecule has 2 heterocycles. The summed E-state index contributed by atoms with van der Waals surface area (Å²) in [7, 11) is 0. The molecule has 28 heteroatoms. The number of benzene rings is 2. The first kappa shape index (κ1) is 59.6. The van der Waals surface area contributed by atoms with E-state index in [-0.39, 0.29) is 95.8 Å². The van der Waals surface area contributed by atoms with E-state index < -0.39 is 108 Å². The van der Waals surface area contributed by atoms with Crippen molar-refractivity contribution < 1.29 is 47.9 Å². The van der Waals surface area contributed by atoms with Gasteiger partial charge in [-0.1, -0.05) is 30.3 Å². The number of fused-ring (bicyclic) bond motifs is 1. The highest BCUT2D eigenvalue weighted by atomic mass is 16.2. The van der Waals surface area contributed by atoms with Crippen molar-refractivity contribution in [3.8, 4) is 0 Å². The second kappa shape index (κ2) is 29.7. The first-order valence-corrected chi connectivity index (χ1v) is 24.6. The maximum Gasteiger partial charge on any atom is 0.243 e. The van der Waals surface area contributed by atoms with Gasteiger partial charge in [0.05, 0.1) is 6.42 Å². The van der Waals surface area contributed by atoms with E-state index >= 15 is 0 Å². The molecule has 0 spiro atoms. The van der Waals surface area contributed by atoms with Crippen LogP contribution in [-0.4, -0.2) is 138 Å². The maximum absolute atomic E-state index is 14.6. The zero-order chi connectivity index (χ0) is 55.9. The summed E-state index contributed by atoms with van der Waals surface area (Å²) in [5.74, 6) is -9.51. The highest BCUT2D eigenvalue weighted by molar-refractivity contribution is 5.99. The van der Waals surface area contributed by atoms with Gasteiger partial charge in [-0.3, -0.25) is 58.8 Å². The molecule has 76 heavy (non-hydrogen) atoms. The number of aromatic nitrogens is 1. The summed E-state index contributed by atoms with van der Waals surface area (Å²) < 4.78 is 0. The minimum atomic E-state index is -1.77. The standard InChI is InChI=1S/C48H70N18O10/c1-25(67)60-32(9-5-19-57-47(52)53)41(71)62-33-10-4-18-56-39(69)17-16-31(40(51)70)61-45(75)36(22-27-24-59-30-8-3-2-7-29(27)30)65-42(72)34(11-6-20-58-48(54)55)63-44(74)35(21-26-12-14-28(49)15-13-26)64-46(76)37(23-38(50)68)66-43(33)73/h2-3,7-8,12-15,24,31-37,59H,4-6,9-11,16-23,49H2,1H3,(H2,50,68)(H2,51,70)(H,56,69)(H,60,67)(H,61,75)(H,62,71)(H,63,74)(H,64,76)(H,65,72)(H,66,73)(H4,52,53,57)(H4,54,55,58)/t31?,32-,33-,34-,35+,36-,37-/m0/s1. The molecule has 1 aliphatic rings. The summed E-state index contributed by atoms with van der Waals surface area (Å²) in [5, 5.41) is 41.6. The Labute approximate surface area is 437 Å². The van der Waals surface area contributed by atoms with Crippen molar-refractivity contribution in [2.45, 2.75) is 120 Å². The molecule has 23 N–H and O–H groups in total. The summed E-state index contributed by atoms with van der Waals surface area (Å²) in [4.78, 5) is 140. The first-order valence-electron chi connectivity index (χ1n) is 24.6. The van der Waals surface area contributed by atoms with Crippen molar-refractivity contribution >= 4 is 87.6 Å². The normalized spacial score (nSPS) is 20.9. The van der Waals surface area contributed by atoms with Crippen LogP contribution in [0.15, 0.2) is 54.7 Å². The number of guanidine groups is 2. The van der Waals surface area contributed by atoms with E-state index in [1.165, 1.54) is 6.92 Å². The summed E-state index contributed by atoms with van der Waals surface area (Å²) in [6.07, 6.45) is -0.119. The second-order valence-electron chi connectivity index (χ2n) is 18.2. The van der Waals surface area contributed by atoms with Crippen molar-refractivity contribution in [3.05, 3.63) is 65.9 Å². The van der Waals surface area contributed by atoms with Crippen LogP contribution in [0.5, 0.6) is 0 Å². The van der Waals surface area contributed by atoms with Crippen LogP contribution >= 0.6 is 0 Å². The molecule has 1 saturated heterocycles. The lowest BCUT2D eigenvalue weighted by Gasteiger charge is -2.28. The number of para-hydroxylation sites is 1. The van der Waals surface area contributed by atoms with Gasteiger partial charge in [-0.2, -0.15) is 0 Å². The van der Waals surface area contributed by atoms with Crippen LogP contribution in [-0.2, 0) is 60.8 Å². The van der Waals surface area contributed by atoms with Crippen LogP contribution in [0, 0.1) is 10.8 Å². The van der Waals surface area contributed by atoms with E-state index in [0.717, 1.165) is 5.52 Å². The minimum absolute atomic E-state index is 0.00510. The fourth-order valence-corrected chi connectivity index (χ4v) is 8.17. The molecule has 28 nitrogen and oxygen atoms in total. The van der Waals surface area contributed by atoms with Crippen LogP contribution in [0.1, 0.15) is 75.8 Å². The lowest BCUT2D eigenvalue weighted by atomic mass is 10.0. The SMILES string of the molecule is CC(=O)N[C@@H](CCCNC(=N)N)C(=O)N[C@H]1CCCNC(=O)CCC(C(N)=O)NC(=O)[C@H](Cc2c[nH]c3ccccc23)NC(=O)[C@H](CCCNC(=N)N)NC(=O)[C@@H](Cc2ccc(N)cc2)NC(=O)[C@H](CC(N)=O)NC1=O. The number of carbonyl (C=O) groups is 10. The van der Waals surface area contributed by atoms with Gasteiger partial charge in [0, 0.05) is 68.6 Å². The Morgan fingerprint density at radius 3 is 1.95 bits per heavy atom. The average Bonchev–Trinajstić information content (AvgIpc) is 3.77. The molecule has 1 aromatic heterocycles. The van der Waals surface area contributed by atoms with Crippen molar-refractivity contribution in [2.24, 2.45) is 22.9 Å².